The molecule has 1 saturated heterocycles. The van der Waals surface area contributed by atoms with Gasteiger partial charge < -0.3 is 0 Å². The summed E-state index contributed by atoms with van der Waals surface area (Å²) in [6.45, 7) is 7.08. The summed E-state index contributed by atoms with van der Waals surface area (Å²) in [7, 11) is 0. The Morgan fingerprint density at radius 1 is 1.14 bits per heavy atom. The minimum Gasteiger partial charge on any atom is -0.296 e. The molecule has 0 amide bonds. The Balaban J connectivity index is 2.08. The van der Waals surface area contributed by atoms with Crippen LogP contribution in [0.2, 0.25) is 0 Å². The number of hydrogen-bond donors (Lipinski definition) is 2. The number of nitrogens with one attached hydrogen (secondary N) is 1. The molecule has 1 aliphatic rings. The van der Waals surface area contributed by atoms with Crippen LogP contribution in [0.4, 0.5) is 0 Å². The van der Waals surface area contributed by atoms with E-state index in [9.17, 15) is 0 Å². The smallest absolute Gasteiger partial charge is 0.0397 e. The minimum absolute atomic E-state index is 0.208. The molecule has 3 N–H and O–H groups in total. The summed E-state index contributed by atoms with van der Waals surface area (Å²) in [5.74, 6) is 5.97. The van der Waals surface area contributed by atoms with Crippen molar-refractivity contribution in [3.05, 3.63) is 35.9 Å². The van der Waals surface area contributed by atoms with Gasteiger partial charge in [0.25, 0.3) is 0 Å². The number of likely N-dealkylation sites (tertiary alicyclic amines) is 1. The number of rotatable bonds is 8. The Morgan fingerprint density at radius 3 is 2.29 bits per heavy atom. The maximum absolute atomic E-state index is 5.97. The first-order valence-electron chi connectivity index (χ1n) is 8.52. The van der Waals surface area contributed by atoms with E-state index < -0.39 is 0 Å². The molecule has 118 valence electrons. The van der Waals surface area contributed by atoms with E-state index in [2.05, 4.69) is 54.5 Å². The van der Waals surface area contributed by atoms with Crippen molar-refractivity contribution >= 4 is 0 Å². The fraction of sp³-hybridized carbons (Fsp3) is 0.667. The van der Waals surface area contributed by atoms with Gasteiger partial charge in [-0.05, 0) is 57.2 Å². The minimum atomic E-state index is 0.208. The fourth-order valence-corrected chi connectivity index (χ4v) is 4.04. The SMILES string of the molecule is CCC(CC)(C(CCc1ccccc1)NN)N1CCCC1. The Labute approximate surface area is 129 Å². The molecular formula is C18H31N3. The van der Waals surface area contributed by atoms with E-state index in [1.165, 1.54) is 31.5 Å². The molecule has 21 heavy (non-hydrogen) atoms. The third kappa shape index (κ3) is 3.65. The Hall–Kier alpha value is -0.900. The van der Waals surface area contributed by atoms with Crippen molar-refractivity contribution in [2.24, 2.45) is 5.84 Å². The number of nitrogens with two attached hydrogens (primary N) is 1. The van der Waals surface area contributed by atoms with Crippen LogP contribution in [0.25, 0.3) is 0 Å². The Kier molecular flexibility index (Phi) is 6.22. The molecule has 3 nitrogen and oxygen atoms in total. The molecule has 0 radical (unpaired) electrons. The summed E-state index contributed by atoms with van der Waals surface area (Å²) in [5.41, 5.74) is 4.76. The lowest BCUT2D eigenvalue weighted by molar-refractivity contribution is 0.0587. The van der Waals surface area contributed by atoms with Gasteiger partial charge in [-0.2, -0.15) is 0 Å². The van der Waals surface area contributed by atoms with Crippen molar-refractivity contribution in [3.8, 4) is 0 Å². The summed E-state index contributed by atoms with van der Waals surface area (Å²) >= 11 is 0. The molecule has 0 spiro atoms. The van der Waals surface area contributed by atoms with Crippen molar-refractivity contribution in [2.75, 3.05) is 13.1 Å². The molecule has 1 aliphatic heterocycles. The Morgan fingerprint density at radius 2 is 1.76 bits per heavy atom. The number of nitrogens with zero attached hydrogens (tertiary/aromatic N) is 1. The van der Waals surface area contributed by atoms with Crippen LogP contribution in [0.5, 0.6) is 0 Å². The lowest BCUT2D eigenvalue weighted by atomic mass is 9.80. The van der Waals surface area contributed by atoms with Crippen LogP contribution in [-0.4, -0.2) is 29.6 Å². The van der Waals surface area contributed by atoms with Gasteiger partial charge in [0.1, 0.15) is 0 Å². The number of hydrazine groups is 1. The molecule has 1 aromatic rings. The van der Waals surface area contributed by atoms with Crippen molar-refractivity contribution in [1.82, 2.24) is 10.3 Å². The van der Waals surface area contributed by atoms with Gasteiger partial charge in [0.05, 0.1) is 0 Å². The first kappa shape index (κ1) is 16.5. The van der Waals surface area contributed by atoms with E-state index in [0.29, 0.717) is 6.04 Å². The van der Waals surface area contributed by atoms with Crippen LogP contribution in [0.1, 0.15) is 51.5 Å². The monoisotopic (exact) mass is 289 g/mol. The average molecular weight is 289 g/mol. The third-order valence-electron chi connectivity index (χ3n) is 5.37. The summed E-state index contributed by atoms with van der Waals surface area (Å²) in [5, 5.41) is 0. The average Bonchev–Trinajstić information content (AvgIpc) is 3.07. The van der Waals surface area contributed by atoms with Gasteiger partial charge in [0, 0.05) is 11.6 Å². The zero-order chi connectivity index (χ0) is 15.1. The van der Waals surface area contributed by atoms with Crippen LogP contribution in [-0.2, 0) is 6.42 Å². The first-order chi connectivity index (χ1) is 10.3. The van der Waals surface area contributed by atoms with E-state index >= 15 is 0 Å². The Bertz CT molecular complexity index is 394. The van der Waals surface area contributed by atoms with Gasteiger partial charge in [0.15, 0.2) is 0 Å². The van der Waals surface area contributed by atoms with Crippen LogP contribution in [0.3, 0.4) is 0 Å². The maximum Gasteiger partial charge on any atom is 0.0397 e. The highest BCUT2D eigenvalue weighted by molar-refractivity contribution is 5.15. The molecule has 0 bridgehead atoms. The standard InChI is InChI=1S/C18H31N3/c1-3-18(4-2,21-14-8-9-15-21)17(20-19)13-12-16-10-6-5-7-11-16/h5-7,10-11,17,20H,3-4,8-9,12-15,19H2,1-2H3. The zero-order valence-electron chi connectivity index (χ0n) is 13.6. The number of hydrogen-bond acceptors (Lipinski definition) is 3. The third-order valence-corrected chi connectivity index (χ3v) is 5.37. The number of benzene rings is 1. The normalized spacial score (nSPS) is 18.0. The van der Waals surface area contributed by atoms with Crippen molar-refractivity contribution in [1.29, 1.82) is 0 Å². The van der Waals surface area contributed by atoms with Gasteiger partial charge in [-0.3, -0.25) is 16.2 Å². The molecule has 1 heterocycles. The molecule has 0 aliphatic carbocycles. The maximum atomic E-state index is 5.97. The second-order valence-corrected chi connectivity index (χ2v) is 6.25. The highest BCUT2D eigenvalue weighted by Gasteiger charge is 2.41. The van der Waals surface area contributed by atoms with Gasteiger partial charge in [-0.25, -0.2) is 0 Å². The number of aryl methyl sites for hydroxylation is 1. The summed E-state index contributed by atoms with van der Waals surface area (Å²) in [4.78, 5) is 2.68. The fourth-order valence-electron chi connectivity index (χ4n) is 4.04. The molecule has 0 saturated carbocycles. The molecule has 1 fully saturated rings. The van der Waals surface area contributed by atoms with Crippen LogP contribution < -0.4 is 11.3 Å². The predicted molar refractivity (Wildman–Crippen MR) is 90.0 cm³/mol. The van der Waals surface area contributed by atoms with Crippen molar-refractivity contribution < 1.29 is 0 Å². The van der Waals surface area contributed by atoms with Gasteiger partial charge >= 0.3 is 0 Å². The van der Waals surface area contributed by atoms with E-state index in [-0.39, 0.29) is 5.54 Å². The van der Waals surface area contributed by atoms with Crippen molar-refractivity contribution in [2.45, 2.75) is 64.0 Å². The molecule has 1 atom stereocenters. The van der Waals surface area contributed by atoms with Crippen LogP contribution in [0, 0.1) is 0 Å². The van der Waals surface area contributed by atoms with E-state index in [0.717, 1.165) is 25.7 Å². The van der Waals surface area contributed by atoms with Gasteiger partial charge in [0.2, 0.25) is 0 Å². The molecule has 2 rings (SSSR count). The highest BCUT2D eigenvalue weighted by atomic mass is 15.3. The first-order valence-corrected chi connectivity index (χ1v) is 8.52. The molecule has 1 aromatic carbocycles. The highest BCUT2D eigenvalue weighted by Crippen LogP contribution is 2.33. The summed E-state index contributed by atoms with van der Waals surface area (Å²) in [6.07, 6.45) is 7.17. The van der Waals surface area contributed by atoms with Crippen LogP contribution >= 0.6 is 0 Å². The van der Waals surface area contributed by atoms with Crippen molar-refractivity contribution in [3.63, 3.8) is 0 Å². The second-order valence-electron chi connectivity index (χ2n) is 6.25. The van der Waals surface area contributed by atoms with E-state index in [4.69, 9.17) is 5.84 Å². The quantitative estimate of drug-likeness (QED) is 0.571. The predicted octanol–water partition coefficient (Wildman–Crippen LogP) is 3.11. The molecular weight excluding hydrogens is 258 g/mol. The van der Waals surface area contributed by atoms with Gasteiger partial charge in [-0.1, -0.05) is 44.2 Å². The van der Waals surface area contributed by atoms with E-state index in [1.54, 1.807) is 0 Å². The lowest BCUT2D eigenvalue weighted by Gasteiger charge is -2.46. The zero-order valence-corrected chi connectivity index (χ0v) is 13.6. The summed E-state index contributed by atoms with van der Waals surface area (Å²) < 4.78 is 0. The van der Waals surface area contributed by atoms with Gasteiger partial charge in [-0.15, -0.1) is 0 Å². The topological polar surface area (TPSA) is 41.3 Å². The second kappa shape index (κ2) is 7.92. The van der Waals surface area contributed by atoms with E-state index in [1.807, 2.05) is 0 Å². The summed E-state index contributed by atoms with van der Waals surface area (Å²) in [6, 6.07) is 11.1. The molecule has 3 heteroatoms. The lowest BCUT2D eigenvalue weighted by Crippen LogP contribution is -2.61. The molecule has 0 aromatic heterocycles. The van der Waals surface area contributed by atoms with Crippen LogP contribution in [0.15, 0.2) is 30.3 Å². The largest absolute Gasteiger partial charge is 0.296 e. The molecule has 1 unspecified atom stereocenters.